The van der Waals surface area contributed by atoms with E-state index in [9.17, 15) is 4.79 Å². The van der Waals surface area contributed by atoms with Crippen molar-refractivity contribution in [1.82, 2.24) is 0 Å². The van der Waals surface area contributed by atoms with Crippen LogP contribution < -0.4 is 0 Å². The summed E-state index contributed by atoms with van der Waals surface area (Å²) in [5, 5.41) is 0.609. The van der Waals surface area contributed by atoms with Crippen molar-refractivity contribution in [1.29, 1.82) is 0 Å². The van der Waals surface area contributed by atoms with Crippen molar-refractivity contribution in [3.8, 4) is 0 Å². The molecule has 1 aromatic carbocycles. The summed E-state index contributed by atoms with van der Waals surface area (Å²) in [5.41, 5.74) is 1.34. The molecular weight excluding hydrogens is 291 g/mol. The van der Waals surface area contributed by atoms with Crippen molar-refractivity contribution in [2.45, 2.75) is 12.8 Å². The van der Waals surface area contributed by atoms with Gasteiger partial charge in [0.05, 0.1) is 12.9 Å². The standard InChI is InChI=1S/C12H10BrClO2/c13-11-6-9(14)3-4-10(11)12(15)8-2-1-5-16-7-8/h3-4,6-7H,1-2,5H2. The van der Waals surface area contributed by atoms with Crippen molar-refractivity contribution in [3.05, 3.63) is 45.1 Å². The molecule has 84 valence electrons. The Morgan fingerprint density at radius 2 is 2.25 bits per heavy atom. The van der Waals surface area contributed by atoms with Crippen LogP contribution >= 0.6 is 27.5 Å². The zero-order valence-electron chi connectivity index (χ0n) is 8.50. The normalized spacial score (nSPS) is 15.2. The molecule has 4 heteroatoms. The van der Waals surface area contributed by atoms with Crippen LogP contribution in [0.4, 0.5) is 0 Å². The summed E-state index contributed by atoms with van der Waals surface area (Å²) in [4.78, 5) is 12.1. The van der Waals surface area contributed by atoms with Gasteiger partial charge >= 0.3 is 0 Å². The number of Topliss-reactive ketones (excluding diaryl/α,β-unsaturated/α-hetero) is 1. The van der Waals surface area contributed by atoms with Crippen molar-refractivity contribution in [2.75, 3.05) is 6.61 Å². The number of benzene rings is 1. The summed E-state index contributed by atoms with van der Waals surface area (Å²) in [5.74, 6) is 0.00300. The fraction of sp³-hybridized carbons (Fsp3) is 0.250. The predicted molar refractivity (Wildman–Crippen MR) is 66.8 cm³/mol. The van der Waals surface area contributed by atoms with Gasteiger partial charge in [0.15, 0.2) is 5.78 Å². The highest BCUT2D eigenvalue weighted by molar-refractivity contribution is 9.10. The fourth-order valence-electron chi connectivity index (χ4n) is 1.58. The Morgan fingerprint density at radius 3 is 2.88 bits per heavy atom. The van der Waals surface area contributed by atoms with E-state index in [0.29, 0.717) is 22.8 Å². The van der Waals surface area contributed by atoms with Gasteiger partial charge in [-0.15, -0.1) is 0 Å². The van der Waals surface area contributed by atoms with Gasteiger partial charge in [-0.25, -0.2) is 0 Å². The molecule has 0 saturated heterocycles. The zero-order chi connectivity index (χ0) is 11.5. The highest BCUT2D eigenvalue weighted by atomic mass is 79.9. The Hall–Kier alpha value is -0.800. The summed E-state index contributed by atoms with van der Waals surface area (Å²) in [6.45, 7) is 0.693. The van der Waals surface area contributed by atoms with Crippen molar-refractivity contribution >= 4 is 33.3 Å². The van der Waals surface area contributed by atoms with Crippen LogP contribution in [-0.4, -0.2) is 12.4 Å². The Balaban J connectivity index is 2.30. The second-order valence-corrected chi connectivity index (χ2v) is 4.86. The van der Waals surface area contributed by atoms with Gasteiger partial charge in [-0.05, 0) is 47.0 Å². The van der Waals surface area contributed by atoms with Crippen LogP contribution in [0.3, 0.4) is 0 Å². The number of hydrogen-bond acceptors (Lipinski definition) is 2. The summed E-state index contributed by atoms with van der Waals surface area (Å²) < 4.78 is 5.88. The smallest absolute Gasteiger partial charge is 0.193 e. The number of hydrogen-bond donors (Lipinski definition) is 0. The summed E-state index contributed by atoms with van der Waals surface area (Å²) in [6, 6.07) is 5.16. The minimum Gasteiger partial charge on any atom is -0.501 e. The van der Waals surface area contributed by atoms with Crippen LogP contribution in [-0.2, 0) is 4.74 Å². The molecule has 0 unspecified atom stereocenters. The van der Waals surface area contributed by atoms with Gasteiger partial charge in [0.2, 0.25) is 0 Å². The number of halogens is 2. The van der Waals surface area contributed by atoms with Gasteiger partial charge < -0.3 is 4.74 Å². The molecule has 0 N–H and O–H groups in total. The van der Waals surface area contributed by atoms with Gasteiger partial charge in [0.25, 0.3) is 0 Å². The molecule has 16 heavy (non-hydrogen) atoms. The second kappa shape index (κ2) is 5.02. The molecule has 1 aromatic rings. The molecule has 1 heterocycles. The van der Waals surface area contributed by atoms with Crippen LogP contribution in [0.2, 0.25) is 5.02 Å². The van der Waals surface area contributed by atoms with E-state index in [1.807, 2.05) is 0 Å². The first-order valence-corrected chi connectivity index (χ1v) is 6.16. The molecular formula is C12H10BrClO2. The zero-order valence-corrected chi connectivity index (χ0v) is 10.8. The molecule has 0 aromatic heterocycles. The lowest BCUT2D eigenvalue weighted by Gasteiger charge is -2.13. The largest absolute Gasteiger partial charge is 0.501 e. The fourth-order valence-corrected chi connectivity index (χ4v) is 2.44. The van der Waals surface area contributed by atoms with Gasteiger partial charge in [0.1, 0.15) is 0 Å². The Morgan fingerprint density at radius 1 is 1.44 bits per heavy atom. The van der Waals surface area contributed by atoms with Crippen molar-refractivity contribution in [2.24, 2.45) is 0 Å². The molecule has 1 aliphatic rings. The average molecular weight is 302 g/mol. The summed E-state index contributed by atoms with van der Waals surface area (Å²) >= 11 is 9.17. The monoisotopic (exact) mass is 300 g/mol. The molecule has 0 radical (unpaired) electrons. The SMILES string of the molecule is O=C(C1=COCCC1)c1ccc(Cl)cc1Br. The van der Waals surface area contributed by atoms with Crippen molar-refractivity contribution in [3.63, 3.8) is 0 Å². The summed E-state index contributed by atoms with van der Waals surface area (Å²) in [7, 11) is 0. The topological polar surface area (TPSA) is 26.3 Å². The molecule has 0 spiro atoms. The van der Waals surface area contributed by atoms with E-state index >= 15 is 0 Å². The maximum Gasteiger partial charge on any atom is 0.193 e. The molecule has 0 saturated carbocycles. The number of ketones is 1. The third kappa shape index (κ3) is 2.47. The number of rotatable bonds is 2. The first-order chi connectivity index (χ1) is 7.68. The number of carbonyl (C=O) groups is 1. The Bertz CT molecular complexity index is 454. The molecule has 0 fully saturated rings. The molecule has 1 aliphatic heterocycles. The molecule has 0 amide bonds. The van der Waals surface area contributed by atoms with Gasteiger partial charge in [0, 0.05) is 20.6 Å². The maximum atomic E-state index is 12.1. The Kier molecular flexibility index (Phi) is 3.66. The third-order valence-corrected chi connectivity index (χ3v) is 3.29. The lowest BCUT2D eigenvalue weighted by atomic mass is 10.00. The highest BCUT2D eigenvalue weighted by Gasteiger charge is 2.17. The van der Waals surface area contributed by atoms with Crippen LogP contribution in [0.25, 0.3) is 0 Å². The Labute approximate surface area is 107 Å². The van der Waals surface area contributed by atoms with Crippen LogP contribution in [0.5, 0.6) is 0 Å². The van der Waals surface area contributed by atoms with Gasteiger partial charge in [-0.3, -0.25) is 4.79 Å². The van der Waals surface area contributed by atoms with E-state index in [1.54, 1.807) is 24.5 Å². The van der Waals surface area contributed by atoms with E-state index in [1.165, 1.54) is 0 Å². The summed E-state index contributed by atoms with van der Waals surface area (Å²) in [6.07, 6.45) is 3.23. The average Bonchev–Trinajstić information content (AvgIpc) is 2.29. The number of allylic oxidation sites excluding steroid dienone is 1. The van der Waals surface area contributed by atoms with E-state index in [-0.39, 0.29) is 5.78 Å². The highest BCUT2D eigenvalue weighted by Crippen LogP contribution is 2.26. The molecule has 0 aliphatic carbocycles. The molecule has 0 atom stereocenters. The second-order valence-electron chi connectivity index (χ2n) is 3.57. The molecule has 2 rings (SSSR count). The lowest BCUT2D eigenvalue weighted by Crippen LogP contribution is -2.09. The maximum absolute atomic E-state index is 12.1. The van der Waals surface area contributed by atoms with E-state index in [4.69, 9.17) is 16.3 Å². The number of carbonyl (C=O) groups excluding carboxylic acids is 1. The molecule has 2 nitrogen and oxygen atoms in total. The van der Waals surface area contributed by atoms with Crippen LogP contribution in [0.15, 0.2) is 34.5 Å². The number of ether oxygens (including phenoxy) is 1. The minimum atomic E-state index is 0.00300. The molecule has 0 bridgehead atoms. The van der Waals surface area contributed by atoms with E-state index < -0.39 is 0 Å². The van der Waals surface area contributed by atoms with Crippen LogP contribution in [0.1, 0.15) is 23.2 Å². The van der Waals surface area contributed by atoms with E-state index in [2.05, 4.69) is 15.9 Å². The minimum absolute atomic E-state index is 0.00300. The lowest BCUT2D eigenvalue weighted by molar-refractivity contribution is 0.101. The quantitative estimate of drug-likeness (QED) is 0.772. The third-order valence-electron chi connectivity index (χ3n) is 2.40. The predicted octanol–water partition coefficient (Wildman–Crippen LogP) is 3.98. The van der Waals surface area contributed by atoms with Gasteiger partial charge in [-0.1, -0.05) is 11.6 Å². The first-order valence-electron chi connectivity index (χ1n) is 4.99. The van der Waals surface area contributed by atoms with Crippen LogP contribution in [0, 0.1) is 0 Å². The first kappa shape index (κ1) is 11.7. The van der Waals surface area contributed by atoms with Gasteiger partial charge in [-0.2, -0.15) is 0 Å². The van der Waals surface area contributed by atoms with E-state index in [0.717, 1.165) is 17.3 Å². The van der Waals surface area contributed by atoms with Crippen molar-refractivity contribution < 1.29 is 9.53 Å².